The number of hydrogen-bond donors (Lipinski definition) is 2. The van der Waals surface area contributed by atoms with E-state index in [1.165, 1.54) is 17.9 Å². The van der Waals surface area contributed by atoms with Crippen LogP contribution in [0.2, 0.25) is 0 Å². The van der Waals surface area contributed by atoms with Crippen molar-refractivity contribution in [3.8, 4) is 29.4 Å². The normalized spacial score (nSPS) is 13.3. The minimum absolute atomic E-state index is 0.191. The first-order valence-electron chi connectivity index (χ1n) is 10.7. The summed E-state index contributed by atoms with van der Waals surface area (Å²) >= 11 is 0. The third-order valence-electron chi connectivity index (χ3n) is 5.21. The molecule has 2 heterocycles. The monoisotopic (exact) mass is 440 g/mol. The maximum Gasteiger partial charge on any atom is 0.226 e. The molecule has 0 unspecified atom stereocenters. The van der Waals surface area contributed by atoms with E-state index in [2.05, 4.69) is 46.0 Å². The second-order valence-corrected chi connectivity index (χ2v) is 7.57. The van der Waals surface area contributed by atoms with Crippen LogP contribution in [0.5, 0.6) is 5.75 Å². The lowest BCUT2D eigenvalue weighted by Crippen LogP contribution is -2.35. The van der Waals surface area contributed by atoms with Gasteiger partial charge < -0.3 is 19.6 Å². The quantitative estimate of drug-likeness (QED) is 0.594. The van der Waals surface area contributed by atoms with Crippen LogP contribution in [0.1, 0.15) is 22.5 Å². The van der Waals surface area contributed by atoms with Crippen molar-refractivity contribution < 1.29 is 14.3 Å². The van der Waals surface area contributed by atoms with Crippen molar-refractivity contribution in [1.82, 2.24) is 4.90 Å². The zero-order valence-corrected chi connectivity index (χ0v) is 18.1. The summed E-state index contributed by atoms with van der Waals surface area (Å²) in [4.78, 5) is 13.8. The van der Waals surface area contributed by atoms with E-state index in [4.69, 9.17) is 9.15 Å². The lowest BCUT2D eigenvalue weighted by Gasteiger charge is -2.26. The Morgan fingerprint density at radius 1 is 0.909 bits per heavy atom. The fourth-order valence-corrected chi connectivity index (χ4v) is 3.35. The Labute approximate surface area is 192 Å². The number of rotatable bonds is 5. The van der Waals surface area contributed by atoms with E-state index in [9.17, 15) is 9.90 Å². The Balaban J connectivity index is 1.29. The van der Waals surface area contributed by atoms with Gasteiger partial charge in [0.2, 0.25) is 11.2 Å². The fraction of sp³-hybridized carbons (Fsp3) is 0.222. The highest BCUT2D eigenvalue weighted by Crippen LogP contribution is 2.15. The summed E-state index contributed by atoms with van der Waals surface area (Å²) in [7, 11) is 0. The molecule has 1 aliphatic rings. The molecule has 1 aromatic heterocycles. The van der Waals surface area contributed by atoms with Gasteiger partial charge in [-0.3, -0.25) is 9.69 Å². The van der Waals surface area contributed by atoms with Crippen molar-refractivity contribution in [2.24, 2.45) is 0 Å². The second-order valence-electron chi connectivity index (χ2n) is 7.57. The lowest BCUT2D eigenvalue weighted by molar-refractivity contribution is 0.0342. The Morgan fingerprint density at radius 2 is 1.55 bits per heavy atom. The molecular weight excluding hydrogens is 416 g/mol. The summed E-state index contributed by atoms with van der Waals surface area (Å²) in [6.07, 6.45) is 1.26. The minimum atomic E-state index is -0.464. The summed E-state index contributed by atoms with van der Waals surface area (Å²) in [6.45, 7) is 4.69. The molecular formula is C27H24N2O4. The Hall–Kier alpha value is -3.97. The molecule has 0 atom stereocenters. The number of nitrogens with one attached hydrogen (secondary N) is 1. The Morgan fingerprint density at radius 3 is 2.21 bits per heavy atom. The number of morpholine rings is 1. The van der Waals surface area contributed by atoms with E-state index in [0.717, 1.165) is 49.7 Å². The van der Waals surface area contributed by atoms with Crippen LogP contribution in [0.25, 0.3) is 0 Å². The van der Waals surface area contributed by atoms with Crippen molar-refractivity contribution in [2.45, 2.75) is 13.1 Å². The third kappa shape index (κ3) is 6.51. The van der Waals surface area contributed by atoms with Crippen LogP contribution < -0.4 is 10.7 Å². The predicted octanol–water partition coefficient (Wildman–Crippen LogP) is 3.19. The number of aromatic hydroxyl groups is 1. The molecule has 0 spiro atoms. The smallest absolute Gasteiger partial charge is 0.226 e. The molecule has 0 aliphatic carbocycles. The van der Waals surface area contributed by atoms with Crippen LogP contribution in [0.4, 0.5) is 5.69 Å². The van der Waals surface area contributed by atoms with Crippen LogP contribution in [-0.2, 0) is 17.8 Å². The number of hydrogen-bond acceptors (Lipinski definition) is 6. The maximum absolute atomic E-state index is 11.4. The standard InChI is InChI=1S/C27H24N2O4/c30-25-13-16-33-26(27(25)31)19-28-24-11-9-22(10-12-24)4-2-1-3-21-5-7-23(8-6-21)20-29-14-17-32-18-15-29/h5-13,16,28,31H,14-15,17-20H2. The first kappa shape index (κ1) is 22.2. The molecule has 1 fully saturated rings. The van der Waals surface area contributed by atoms with Gasteiger partial charge in [0.1, 0.15) is 0 Å². The van der Waals surface area contributed by atoms with Gasteiger partial charge in [0, 0.05) is 42.5 Å². The van der Waals surface area contributed by atoms with Gasteiger partial charge in [-0.05, 0) is 53.8 Å². The predicted molar refractivity (Wildman–Crippen MR) is 127 cm³/mol. The summed E-state index contributed by atoms with van der Waals surface area (Å²) in [5.74, 6) is 11.7. The highest BCUT2D eigenvalue weighted by Gasteiger charge is 2.10. The molecule has 4 rings (SSSR count). The molecule has 33 heavy (non-hydrogen) atoms. The van der Waals surface area contributed by atoms with Crippen molar-refractivity contribution in [2.75, 3.05) is 31.6 Å². The molecule has 1 saturated heterocycles. The molecule has 6 heteroatoms. The summed E-state index contributed by atoms with van der Waals surface area (Å²) < 4.78 is 10.6. The van der Waals surface area contributed by atoms with E-state index < -0.39 is 5.43 Å². The molecule has 0 saturated carbocycles. The summed E-state index contributed by atoms with van der Waals surface area (Å²) in [6, 6.07) is 16.9. The largest absolute Gasteiger partial charge is 0.502 e. The molecule has 2 aromatic carbocycles. The van der Waals surface area contributed by atoms with E-state index in [1.807, 2.05) is 36.4 Å². The molecule has 0 bridgehead atoms. The van der Waals surface area contributed by atoms with Gasteiger partial charge in [-0.25, -0.2) is 0 Å². The molecule has 1 aliphatic heterocycles. The third-order valence-corrected chi connectivity index (χ3v) is 5.21. The van der Waals surface area contributed by atoms with Crippen molar-refractivity contribution in [1.29, 1.82) is 0 Å². The van der Waals surface area contributed by atoms with Crippen LogP contribution in [0.3, 0.4) is 0 Å². The van der Waals surface area contributed by atoms with Gasteiger partial charge in [-0.1, -0.05) is 24.0 Å². The average Bonchev–Trinajstić information content (AvgIpc) is 2.85. The van der Waals surface area contributed by atoms with E-state index in [1.54, 1.807) is 0 Å². The zero-order valence-electron chi connectivity index (χ0n) is 18.1. The number of benzene rings is 2. The van der Waals surface area contributed by atoms with Gasteiger partial charge in [0.05, 0.1) is 26.0 Å². The van der Waals surface area contributed by atoms with E-state index >= 15 is 0 Å². The van der Waals surface area contributed by atoms with Gasteiger partial charge in [0.15, 0.2) is 5.76 Å². The fourth-order valence-electron chi connectivity index (χ4n) is 3.35. The van der Waals surface area contributed by atoms with Crippen molar-refractivity contribution >= 4 is 5.69 Å². The average molecular weight is 440 g/mol. The van der Waals surface area contributed by atoms with Gasteiger partial charge >= 0.3 is 0 Å². The molecule has 166 valence electrons. The van der Waals surface area contributed by atoms with Gasteiger partial charge in [0.25, 0.3) is 0 Å². The first-order valence-corrected chi connectivity index (χ1v) is 10.7. The Bertz CT molecular complexity index is 1250. The maximum atomic E-state index is 11.4. The molecule has 0 amide bonds. The van der Waals surface area contributed by atoms with Crippen molar-refractivity contribution in [3.63, 3.8) is 0 Å². The highest BCUT2D eigenvalue weighted by atomic mass is 16.5. The molecule has 0 radical (unpaired) electrons. The zero-order chi connectivity index (χ0) is 22.9. The second kappa shape index (κ2) is 11.1. The molecule has 3 aromatic rings. The number of ether oxygens (including phenoxy) is 1. The SMILES string of the molecule is O=c1ccoc(CNc2ccc(C#CC#Cc3ccc(CN4CCOCC4)cc3)cc2)c1O. The molecule has 2 N–H and O–H groups in total. The van der Waals surface area contributed by atoms with Crippen LogP contribution in [0.15, 0.2) is 70.1 Å². The topological polar surface area (TPSA) is 74.9 Å². The summed E-state index contributed by atoms with van der Waals surface area (Å²) in [5, 5.41) is 12.8. The van der Waals surface area contributed by atoms with Crippen LogP contribution in [0, 0.1) is 23.7 Å². The van der Waals surface area contributed by atoms with E-state index in [-0.39, 0.29) is 18.1 Å². The number of nitrogens with zero attached hydrogens (tertiary/aromatic N) is 1. The lowest BCUT2D eigenvalue weighted by atomic mass is 10.1. The van der Waals surface area contributed by atoms with Gasteiger partial charge in [-0.2, -0.15) is 0 Å². The summed E-state index contributed by atoms with van der Waals surface area (Å²) in [5.41, 5.74) is 3.39. The Kier molecular flexibility index (Phi) is 7.45. The van der Waals surface area contributed by atoms with Crippen LogP contribution in [-0.4, -0.2) is 36.3 Å². The molecule has 6 nitrogen and oxygen atoms in total. The first-order chi connectivity index (χ1) is 16.2. The minimum Gasteiger partial charge on any atom is -0.502 e. The van der Waals surface area contributed by atoms with Crippen LogP contribution >= 0.6 is 0 Å². The van der Waals surface area contributed by atoms with Gasteiger partial charge in [-0.15, -0.1) is 0 Å². The number of anilines is 1. The highest BCUT2D eigenvalue weighted by molar-refractivity contribution is 5.50. The van der Waals surface area contributed by atoms with Crippen molar-refractivity contribution in [3.05, 3.63) is 93.5 Å². The van der Waals surface area contributed by atoms with E-state index in [0.29, 0.717) is 0 Å².